The Balaban J connectivity index is 1.93. The summed E-state index contributed by atoms with van der Waals surface area (Å²) in [6.45, 7) is 0. The van der Waals surface area contributed by atoms with Crippen molar-refractivity contribution >= 4 is 28.9 Å². The van der Waals surface area contributed by atoms with E-state index in [1.807, 2.05) is 36.1 Å². The predicted molar refractivity (Wildman–Crippen MR) is 79.0 cm³/mol. The van der Waals surface area contributed by atoms with Crippen molar-refractivity contribution in [3.8, 4) is 0 Å². The van der Waals surface area contributed by atoms with Crippen LogP contribution in [-0.2, 0) is 13.5 Å². The molecule has 1 heterocycles. The quantitative estimate of drug-likeness (QED) is 0.899. The van der Waals surface area contributed by atoms with Gasteiger partial charge in [-0.1, -0.05) is 29.3 Å². The first kappa shape index (κ1) is 12.8. The standard InChI is InChI=1S/C14H15Cl2N3/c1-19-13-7-3-6-12(9(13)8-17-19)18-14-10(15)4-2-5-11(14)16/h2,4-5,8,12,18H,3,6-7H2,1H3. The van der Waals surface area contributed by atoms with Crippen LogP contribution in [0.25, 0.3) is 0 Å². The lowest BCUT2D eigenvalue weighted by Gasteiger charge is -2.25. The van der Waals surface area contributed by atoms with Gasteiger partial charge < -0.3 is 5.32 Å². The highest BCUT2D eigenvalue weighted by Crippen LogP contribution is 2.37. The summed E-state index contributed by atoms with van der Waals surface area (Å²) >= 11 is 12.4. The van der Waals surface area contributed by atoms with Gasteiger partial charge in [-0.25, -0.2) is 0 Å². The summed E-state index contributed by atoms with van der Waals surface area (Å²) in [6, 6.07) is 5.78. The molecule has 0 aliphatic heterocycles. The fraction of sp³-hybridized carbons (Fsp3) is 0.357. The van der Waals surface area contributed by atoms with Crippen molar-refractivity contribution in [3.63, 3.8) is 0 Å². The van der Waals surface area contributed by atoms with E-state index >= 15 is 0 Å². The van der Waals surface area contributed by atoms with Crippen LogP contribution < -0.4 is 5.32 Å². The Hall–Kier alpha value is -1.19. The molecule has 0 fully saturated rings. The van der Waals surface area contributed by atoms with Crippen molar-refractivity contribution in [2.75, 3.05) is 5.32 Å². The van der Waals surface area contributed by atoms with Crippen LogP contribution in [0.4, 0.5) is 5.69 Å². The molecule has 0 bridgehead atoms. The maximum absolute atomic E-state index is 6.21. The van der Waals surface area contributed by atoms with E-state index in [4.69, 9.17) is 23.2 Å². The summed E-state index contributed by atoms with van der Waals surface area (Å²) in [7, 11) is 1.99. The lowest BCUT2D eigenvalue weighted by molar-refractivity contribution is 0.571. The van der Waals surface area contributed by atoms with E-state index in [0.717, 1.165) is 24.9 Å². The second-order valence-electron chi connectivity index (χ2n) is 4.86. The second kappa shape index (κ2) is 5.06. The van der Waals surface area contributed by atoms with Crippen molar-refractivity contribution in [2.45, 2.75) is 25.3 Å². The summed E-state index contributed by atoms with van der Waals surface area (Å²) < 4.78 is 1.96. The Morgan fingerprint density at radius 2 is 2.05 bits per heavy atom. The first-order valence-electron chi connectivity index (χ1n) is 6.38. The Morgan fingerprint density at radius 1 is 1.32 bits per heavy atom. The molecule has 0 saturated heterocycles. The molecule has 0 spiro atoms. The van der Waals surface area contributed by atoms with Crippen LogP contribution in [0.3, 0.4) is 0 Å². The number of hydrogen-bond acceptors (Lipinski definition) is 2. The first-order valence-corrected chi connectivity index (χ1v) is 7.13. The lowest BCUT2D eigenvalue weighted by Crippen LogP contribution is -2.18. The van der Waals surface area contributed by atoms with Gasteiger partial charge >= 0.3 is 0 Å². The van der Waals surface area contributed by atoms with Gasteiger partial charge in [0, 0.05) is 18.3 Å². The summed E-state index contributed by atoms with van der Waals surface area (Å²) in [6.07, 6.45) is 5.24. The van der Waals surface area contributed by atoms with Gasteiger partial charge in [0.1, 0.15) is 0 Å². The average molecular weight is 296 g/mol. The number of aromatic nitrogens is 2. The number of hydrogen-bond donors (Lipinski definition) is 1. The van der Waals surface area contributed by atoms with Crippen LogP contribution >= 0.6 is 23.2 Å². The number of anilines is 1. The maximum atomic E-state index is 6.21. The highest BCUT2D eigenvalue weighted by atomic mass is 35.5. The molecule has 3 nitrogen and oxygen atoms in total. The number of fused-ring (bicyclic) bond motifs is 1. The van der Waals surface area contributed by atoms with Gasteiger partial charge in [0.25, 0.3) is 0 Å². The Kier molecular flexibility index (Phi) is 3.42. The van der Waals surface area contributed by atoms with Gasteiger partial charge in [-0.15, -0.1) is 0 Å². The van der Waals surface area contributed by atoms with Gasteiger partial charge in [0.2, 0.25) is 0 Å². The molecule has 1 aromatic carbocycles. The lowest BCUT2D eigenvalue weighted by atomic mass is 9.93. The van der Waals surface area contributed by atoms with Crippen LogP contribution in [0, 0.1) is 0 Å². The molecule has 3 rings (SSSR count). The van der Waals surface area contributed by atoms with Crippen LogP contribution in [0.5, 0.6) is 0 Å². The normalized spacial score (nSPS) is 18.2. The van der Waals surface area contributed by atoms with Crippen LogP contribution in [0.15, 0.2) is 24.4 Å². The third kappa shape index (κ3) is 2.33. The number of nitrogens with one attached hydrogen (secondary N) is 1. The topological polar surface area (TPSA) is 29.9 Å². The van der Waals surface area contributed by atoms with Gasteiger partial charge in [0.15, 0.2) is 0 Å². The fourth-order valence-corrected chi connectivity index (χ4v) is 3.17. The second-order valence-corrected chi connectivity index (χ2v) is 5.67. The van der Waals surface area contributed by atoms with Crippen LogP contribution in [-0.4, -0.2) is 9.78 Å². The fourth-order valence-electron chi connectivity index (χ4n) is 2.67. The van der Waals surface area contributed by atoms with Crippen molar-refractivity contribution < 1.29 is 0 Å². The molecule has 19 heavy (non-hydrogen) atoms. The smallest absolute Gasteiger partial charge is 0.0723 e. The van der Waals surface area contributed by atoms with E-state index in [9.17, 15) is 0 Å². The molecule has 100 valence electrons. The predicted octanol–water partition coefficient (Wildman–Crippen LogP) is 4.22. The molecule has 5 heteroatoms. The number of halogens is 2. The zero-order valence-corrected chi connectivity index (χ0v) is 12.2. The number of para-hydroxylation sites is 1. The molecule has 1 aliphatic rings. The number of aryl methyl sites for hydroxylation is 1. The van der Waals surface area contributed by atoms with Crippen molar-refractivity contribution in [1.82, 2.24) is 9.78 Å². The minimum Gasteiger partial charge on any atom is -0.376 e. The summed E-state index contributed by atoms with van der Waals surface area (Å²) in [5.74, 6) is 0. The summed E-state index contributed by atoms with van der Waals surface area (Å²) in [5.41, 5.74) is 3.36. The summed E-state index contributed by atoms with van der Waals surface area (Å²) in [4.78, 5) is 0. The van der Waals surface area contributed by atoms with Crippen molar-refractivity contribution in [1.29, 1.82) is 0 Å². The SMILES string of the molecule is Cn1ncc2c1CCCC2Nc1c(Cl)cccc1Cl. The molecule has 0 saturated carbocycles. The minimum atomic E-state index is 0.231. The molecular weight excluding hydrogens is 281 g/mol. The number of benzene rings is 1. The average Bonchev–Trinajstić information content (AvgIpc) is 2.77. The highest BCUT2D eigenvalue weighted by molar-refractivity contribution is 6.39. The van der Waals surface area contributed by atoms with Crippen LogP contribution in [0.1, 0.15) is 30.1 Å². The number of rotatable bonds is 2. The molecule has 1 N–H and O–H groups in total. The molecule has 1 aliphatic carbocycles. The largest absolute Gasteiger partial charge is 0.376 e. The number of nitrogens with zero attached hydrogens (tertiary/aromatic N) is 2. The Labute approximate surface area is 122 Å². The monoisotopic (exact) mass is 295 g/mol. The third-order valence-electron chi connectivity index (χ3n) is 3.66. The highest BCUT2D eigenvalue weighted by Gasteiger charge is 2.24. The van der Waals surface area contributed by atoms with Crippen LogP contribution in [0.2, 0.25) is 10.0 Å². The van der Waals surface area contributed by atoms with Crippen molar-refractivity contribution in [3.05, 3.63) is 45.7 Å². The molecule has 1 aromatic heterocycles. The molecule has 1 unspecified atom stereocenters. The zero-order chi connectivity index (χ0) is 13.4. The first-order chi connectivity index (χ1) is 9.16. The minimum absolute atomic E-state index is 0.231. The third-order valence-corrected chi connectivity index (χ3v) is 4.29. The molecule has 0 amide bonds. The zero-order valence-electron chi connectivity index (χ0n) is 10.7. The van der Waals surface area contributed by atoms with Gasteiger partial charge in [-0.2, -0.15) is 5.10 Å². The van der Waals surface area contributed by atoms with Gasteiger partial charge in [-0.3, -0.25) is 4.68 Å². The van der Waals surface area contributed by atoms with Gasteiger partial charge in [0.05, 0.1) is 28.0 Å². The molecule has 2 aromatic rings. The summed E-state index contributed by atoms with van der Waals surface area (Å²) in [5, 5.41) is 9.13. The van der Waals surface area contributed by atoms with Crippen molar-refractivity contribution in [2.24, 2.45) is 7.05 Å². The van der Waals surface area contributed by atoms with Gasteiger partial charge in [-0.05, 0) is 31.4 Å². The van der Waals surface area contributed by atoms with E-state index in [1.54, 1.807) is 0 Å². The van der Waals surface area contributed by atoms with E-state index in [2.05, 4.69) is 10.4 Å². The Morgan fingerprint density at radius 3 is 2.79 bits per heavy atom. The van der Waals surface area contributed by atoms with E-state index in [-0.39, 0.29) is 6.04 Å². The van der Waals surface area contributed by atoms with E-state index in [1.165, 1.54) is 11.3 Å². The Bertz CT molecular complexity index is 586. The van der Waals surface area contributed by atoms with E-state index in [0.29, 0.717) is 10.0 Å². The van der Waals surface area contributed by atoms with E-state index < -0.39 is 0 Å². The molecule has 1 atom stereocenters. The maximum Gasteiger partial charge on any atom is 0.0723 e. The molecular formula is C14H15Cl2N3. The molecule has 0 radical (unpaired) electrons.